The van der Waals surface area contributed by atoms with Crippen LogP contribution in [0.2, 0.25) is 0 Å². The van der Waals surface area contributed by atoms with Crippen LogP contribution in [0.25, 0.3) is 0 Å². The molecule has 0 fully saturated rings. The minimum absolute atomic E-state index is 0.432. The molecule has 0 saturated carbocycles. The molecule has 0 radical (unpaired) electrons. The van der Waals surface area contributed by atoms with Crippen molar-refractivity contribution in [2.24, 2.45) is 0 Å². The molecular weight excluding hydrogens is 228 g/mol. The Balaban J connectivity index is 2.83. The van der Waals surface area contributed by atoms with Crippen molar-refractivity contribution in [3.63, 3.8) is 0 Å². The maximum absolute atomic E-state index is 8.90. The van der Waals surface area contributed by atoms with Crippen LogP contribution in [-0.4, -0.2) is 19.8 Å². The van der Waals surface area contributed by atoms with E-state index in [-0.39, 0.29) is 0 Å². The fraction of sp³-hybridized carbons (Fsp3) is 0.500. The van der Waals surface area contributed by atoms with Crippen LogP contribution in [0, 0.1) is 11.3 Å². The predicted molar refractivity (Wildman–Crippen MR) is 70.7 cm³/mol. The maximum atomic E-state index is 8.90. The average Bonchev–Trinajstić information content (AvgIpc) is 2.43. The second-order valence-corrected chi connectivity index (χ2v) is 3.91. The van der Waals surface area contributed by atoms with E-state index in [2.05, 4.69) is 18.3 Å². The van der Waals surface area contributed by atoms with E-state index >= 15 is 0 Å². The number of nitrogens with one attached hydrogen (secondary N) is 1. The molecule has 0 aliphatic heterocycles. The number of hydrogen-bond donors (Lipinski definition) is 1. The van der Waals surface area contributed by atoms with E-state index < -0.39 is 6.10 Å². The van der Waals surface area contributed by atoms with Gasteiger partial charge in [-0.2, -0.15) is 5.26 Å². The highest BCUT2D eigenvalue weighted by molar-refractivity contribution is 5.43. The van der Waals surface area contributed by atoms with E-state index in [9.17, 15) is 0 Å². The minimum atomic E-state index is -0.432. The lowest BCUT2D eigenvalue weighted by molar-refractivity contribution is 0.239. The fourth-order valence-electron chi connectivity index (χ4n) is 1.54. The van der Waals surface area contributed by atoms with Crippen molar-refractivity contribution in [1.82, 2.24) is 5.32 Å². The van der Waals surface area contributed by atoms with Gasteiger partial charge in [0.1, 0.15) is 6.07 Å². The van der Waals surface area contributed by atoms with Gasteiger partial charge in [-0.05, 0) is 30.7 Å². The highest BCUT2D eigenvalue weighted by Crippen LogP contribution is 2.29. The van der Waals surface area contributed by atoms with Gasteiger partial charge in [-0.15, -0.1) is 0 Å². The molecular formula is C14H20N2O2. The molecule has 0 bridgehead atoms. The van der Waals surface area contributed by atoms with Crippen molar-refractivity contribution < 1.29 is 9.47 Å². The van der Waals surface area contributed by atoms with Crippen molar-refractivity contribution in [2.45, 2.75) is 32.9 Å². The van der Waals surface area contributed by atoms with E-state index in [0.29, 0.717) is 17.9 Å². The molecule has 18 heavy (non-hydrogen) atoms. The maximum Gasteiger partial charge on any atom is 0.184 e. The first-order valence-electron chi connectivity index (χ1n) is 6.19. The van der Waals surface area contributed by atoms with E-state index in [0.717, 1.165) is 18.7 Å². The summed E-state index contributed by atoms with van der Waals surface area (Å²) in [5.74, 6) is 1.28. The van der Waals surface area contributed by atoms with Gasteiger partial charge in [0.15, 0.2) is 17.6 Å². The Hall–Kier alpha value is -1.73. The predicted octanol–water partition coefficient (Wildman–Crippen LogP) is 2.49. The van der Waals surface area contributed by atoms with Gasteiger partial charge >= 0.3 is 0 Å². The van der Waals surface area contributed by atoms with Crippen molar-refractivity contribution in [3.05, 3.63) is 23.8 Å². The van der Waals surface area contributed by atoms with E-state index in [1.54, 1.807) is 7.11 Å². The summed E-state index contributed by atoms with van der Waals surface area (Å²) < 4.78 is 10.9. The van der Waals surface area contributed by atoms with Gasteiger partial charge in [0, 0.05) is 6.54 Å². The molecule has 1 rings (SSSR count). The molecule has 1 atom stereocenters. The Bertz CT molecular complexity index is 413. The van der Waals surface area contributed by atoms with Crippen molar-refractivity contribution in [3.8, 4) is 17.6 Å². The van der Waals surface area contributed by atoms with Gasteiger partial charge < -0.3 is 14.8 Å². The summed E-state index contributed by atoms with van der Waals surface area (Å²) in [5, 5.41) is 12.1. The molecule has 4 heteroatoms. The van der Waals surface area contributed by atoms with E-state index in [4.69, 9.17) is 14.7 Å². The number of ether oxygens (including phenoxy) is 2. The van der Waals surface area contributed by atoms with Gasteiger partial charge in [0.2, 0.25) is 0 Å². The highest BCUT2D eigenvalue weighted by atomic mass is 16.5. The molecule has 0 aliphatic rings. The second kappa shape index (κ2) is 7.57. The highest BCUT2D eigenvalue weighted by Gasteiger charge is 2.11. The Morgan fingerprint density at radius 3 is 2.67 bits per heavy atom. The first-order chi connectivity index (χ1) is 8.74. The van der Waals surface area contributed by atoms with Gasteiger partial charge in [-0.1, -0.05) is 19.9 Å². The number of rotatable bonds is 7. The van der Waals surface area contributed by atoms with Crippen LogP contribution in [0.4, 0.5) is 0 Å². The fourth-order valence-corrected chi connectivity index (χ4v) is 1.54. The van der Waals surface area contributed by atoms with Crippen molar-refractivity contribution >= 4 is 0 Å². The summed E-state index contributed by atoms with van der Waals surface area (Å²) in [6.07, 6.45) is 0.220. The van der Waals surface area contributed by atoms with E-state index in [1.165, 1.54) is 0 Å². The molecule has 1 unspecified atom stereocenters. The molecule has 0 spiro atoms. The summed E-state index contributed by atoms with van der Waals surface area (Å²) in [4.78, 5) is 0. The Labute approximate surface area is 109 Å². The SMILES string of the molecule is CCNCc1ccc(OC(C#N)CC)c(OC)c1. The monoisotopic (exact) mass is 248 g/mol. The Kier molecular flexibility index (Phi) is 6.03. The van der Waals surface area contributed by atoms with Gasteiger partial charge in [-0.25, -0.2) is 0 Å². The largest absolute Gasteiger partial charge is 0.493 e. The van der Waals surface area contributed by atoms with Crippen LogP contribution < -0.4 is 14.8 Å². The topological polar surface area (TPSA) is 54.3 Å². The summed E-state index contributed by atoms with van der Waals surface area (Å²) in [7, 11) is 1.60. The molecule has 1 aromatic rings. The molecule has 0 amide bonds. The molecule has 0 saturated heterocycles. The van der Waals surface area contributed by atoms with Crippen molar-refractivity contribution in [2.75, 3.05) is 13.7 Å². The third kappa shape index (κ3) is 3.94. The normalized spacial score (nSPS) is 11.7. The number of nitrogens with zero attached hydrogens (tertiary/aromatic N) is 1. The van der Waals surface area contributed by atoms with Crippen molar-refractivity contribution in [1.29, 1.82) is 5.26 Å². The van der Waals surface area contributed by atoms with Gasteiger partial charge in [-0.3, -0.25) is 0 Å². The number of nitriles is 1. The summed E-state index contributed by atoms with van der Waals surface area (Å²) >= 11 is 0. The third-order valence-electron chi connectivity index (χ3n) is 2.59. The van der Waals surface area contributed by atoms with Crippen LogP contribution >= 0.6 is 0 Å². The van der Waals surface area contributed by atoms with E-state index in [1.807, 2.05) is 25.1 Å². The Morgan fingerprint density at radius 2 is 2.11 bits per heavy atom. The molecule has 98 valence electrons. The lowest BCUT2D eigenvalue weighted by Crippen LogP contribution is -2.14. The summed E-state index contributed by atoms with van der Waals surface area (Å²) in [6, 6.07) is 7.87. The first-order valence-corrected chi connectivity index (χ1v) is 6.19. The number of methoxy groups -OCH3 is 1. The molecule has 0 aliphatic carbocycles. The molecule has 1 N–H and O–H groups in total. The zero-order valence-corrected chi connectivity index (χ0v) is 11.2. The molecule has 4 nitrogen and oxygen atoms in total. The lowest BCUT2D eigenvalue weighted by atomic mass is 10.2. The number of hydrogen-bond acceptors (Lipinski definition) is 4. The standard InChI is InChI=1S/C14H20N2O2/c1-4-12(9-15)18-13-7-6-11(10-16-5-2)8-14(13)17-3/h6-8,12,16H,4-5,10H2,1-3H3. The molecule has 0 heterocycles. The zero-order chi connectivity index (χ0) is 13.4. The van der Waals surface area contributed by atoms with Gasteiger partial charge in [0.05, 0.1) is 7.11 Å². The van der Waals surface area contributed by atoms with Crippen LogP contribution in [0.1, 0.15) is 25.8 Å². The summed E-state index contributed by atoms with van der Waals surface area (Å²) in [6.45, 7) is 5.70. The van der Waals surface area contributed by atoms with Crippen LogP contribution in [-0.2, 0) is 6.54 Å². The third-order valence-corrected chi connectivity index (χ3v) is 2.59. The number of benzene rings is 1. The molecule has 1 aromatic carbocycles. The zero-order valence-electron chi connectivity index (χ0n) is 11.2. The van der Waals surface area contributed by atoms with Crippen LogP contribution in [0.3, 0.4) is 0 Å². The van der Waals surface area contributed by atoms with Crippen LogP contribution in [0.15, 0.2) is 18.2 Å². The smallest absolute Gasteiger partial charge is 0.184 e. The van der Waals surface area contributed by atoms with Crippen LogP contribution in [0.5, 0.6) is 11.5 Å². The van der Waals surface area contributed by atoms with Gasteiger partial charge in [0.25, 0.3) is 0 Å². The lowest BCUT2D eigenvalue weighted by Gasteiger charge is -2.14. The molecule has 0 aromatic heterocycles. The Morgan fingerprint density at radius 1 is 1.33 bits per heavy atom. The quantitative estimate of drug-likeness (QED) is 0.805. The summed E-state index contributed by atoms with van der Waals surface area (Å²) in [5.41, 5.74) is 1.13. The minimum Gasteiger partial charge on any atom is -0.493 e. The second-order valence-electron chi connectivity index (χ2n) is 3.91. The first kappa shape index (κ1) is 14.3. The average molecular weight is 248 g/mol.